The second-order valence-corrected chi connectivity index (χ2v) is 6.45. The number of nitrogens with one attached hydrogen (secondary N) is 1. The van der Waals surface area contributed by atoms with Crippen molar-refractivity contribution in [2.75, 3.05) is 26.2 Å². The largest absolute Gasteiger partial charge is 0.355 e. The number of carbonyl (C=O) groups excluding carboxylic acids is 1. The van der Waals surface area contributed by atoms with Gasteiger partial charge in [0.1, 0.15) is 0 Å². The van der Waals surface area contributed by atoms with E-state index in [1.54, 1.807) is 0 Å². The van der Waals surface area contributed by atoms with Crippen LogP contribution in [0.25, 0.3) is 0 Å². The van der Waals surface area contributed by atoms with Crippen molar-refractivity contribution in [2.24, 2.45) is 17.6 Å². The van der Waals surface area contributed by atoms with E-state index in [0.717, 1.165) is 19.5 Å². The highest BCUT2D eigenvalue weighted by molar-refractivity contribution is 5.78. The molecule has 2 aliphatic rings. The van der Waals surface area contributed by atoms with Crippen molar-refractivity contribution in [1.29, 1.82) is 0 Å². The van der Waals surface area contributed by atoms with Crippen LogP contribution in [0.2, 0.25) is 0 Å². The molecule has 1 saturated heterocycles. The summed E-state index contributed by atoms with van der Waals surface area (Å²) in [5.74, 6) is 1.34. The minimum atomic E-state index is 0.140. The predicted molar refractivity (Wildman–Crippen MR) is 83.8 cm³/mol. The first kappa shape index (κ1) is 14.5. The summed E-state index contributed by atoms with van der Waals surface area (Å²) in [7, 11) is 0. The lowest BCUT2D eigenvalue weighted by Gasteiger charge is -2.35. The summed E-state index contributed by atoms with van der Waals surface area (Å²) in [6.45, 7) is 3.21. The highest BCUT2D eigenvalue weighted by Gasteiger charge is 2.39. The molecule has 2 bridgehead atoms. The number of carbonyl (C=O) groups is 1. The summed E-state index contributed by atoms with van der Waals surface area (Å²) in [5.41, 5.74) is 7.46. The summed E-state index contributed by atoms with van der Waals surface area (Å²) in [5, 5.41) is 3.03. The molecule has 3 rings (SSSR count). The van der Waals surface area contributed by atoms with Gasteiger partial charge < -0.3 is 11.1 Å². The van der Waals surface area contributed by atoms with Crippen LogP contribution in [0.4, 0.5) is 0 Å². The zero-order chi connectivity index (χ0) is 14.7. The second-order valence-electron chi connectivity index (χ2n) is 6.45. The minimum absolute atomic E-state index is 0.140. The Balaban J connectivity index is 1.39. The number of piperidine rings is 1. The minimum Gasteiger partial charge on any atom is -0.355 e. The van der Waals surface area contributed by atoms with Crippen molar-refractivity contribution in [2.45, 2.75) is 25.3 Å². The molecule has 1 heterocycles. The maximum atomic E-state index is 12.0. The lowest BCUT2D eigenvalue weighted by molar-refractivity contribution is -0.122. The third-order valence-corrected chi connectivity index (χ3v) is 4.93. The SMILES string of the molecule is NC1[C@@H]2CC[C@H]1CN(CC(=O)NCCc1ccccc1)C2. The van der Waals surface area contributed by atoms with Crippen molar-refractivity contribution >= 4 is 5.91 Å². The molecule has 3 N–H and O–H groups in total. The van der Waals surface area contributed by atoms with Crippen LogP contribution in [0.5, 0.6) is 0 Å². The molecule has 1 saturated carbocycles. The first-order valence-corrected chi connectivity index (χ1v) is 8.01. The van der Waals surface area contributed by atoms with Gasteiger partial charge in [-0.15, -0.1) is 0 Å². The molecule has 4 nitrogen and oxygen atoms in total. The zero-order valence-electron chi connectivity index (χ0n) is 12.5. The molecule has 0 radical (unpaired) electrons. The van der Waals surface area contributed by atoms with Crippen LogP contribution in [0.1, 0.15) is 18.4 Å². The molecule has 0 aromatic heterocycles. The number of benzene rings is 1. The number of nitrogens with zero attached hydrogens (tertiary/aromatic N) is 1. The Bertz CT molecular complexity index is 462. The molecule has 114 valence electrons. The van der Waals surface area contributed by atoms with Crippen LogP contribution in [0, 0.1) is 11.8 Å². The van der Waals surface area contributed by atoms with Crippen LogP contribution >= 0.6 is 0 Å². The van der Waals surface area contributed by atoms with E-state index >= 15 is 0 Å². The smallest absolute Gasteiger partial charge is 0.234 e. The van der Waals surface area contributed by atoms with Crippen molar-refractivity contribution < 1.29 is 4.79 Å². The highest BCUT2D eigenvalue weighted by Crippen LogP contribution is 2.35. The van der Waals surface area contributed by atoms with Gasteiger partial charge in [0.15, 0.2) is 0 Å². The van der Waals surface area contributed by atoms with Crippen molar-refractivity contribution in [1.82, 2.24) is 10.2 Å². The van der Waals surface area contributed by atoms with Gasteiger partial charge in [0.05, 0.1) is 6.54 Å². The number of likely N-dealkylation sites (tertiary alicyclic amines) is 1. The number of fused-ring (bicyclic) bond motifs is 2. The maximum absolute atomic E-state index is 12.0. The van der Waals surface area contributed by atoms with E-state index in [1.165, 1.54) is 18.4 Å². The first-order chi connectivity index (χ1) is 10.2. The van der Waals surface area contributed by atoms with E-state index in [2.05, 4.69) is 22.3 Å². The van der Waals surface area contributed by atoms with Gasteiger partial charge in [0.2, 0.25) is 5.91 Å². The van der Waals surface area contributed by atoms with Gasteiger partial charge in [-0.25, -0.2) is 0 Å². The van der Waals surface area contributed by atoms with Crippen LogP contribution < -0.4 is 11.1 Å². The summed E-state index contributed by atoms with van der Waals surface area (Å²) in [6, 6.07) is 10.6. The number of rotatable bonds is 5. The Kier molecular flexibility index (Phi) is 4.56. The molecule has 1 amide bonds. The van der Waals surface area contributed by atoms with Gasteiger partial charge in [0.25, 0.3) is 0 Å². The molecule has 21 heavy (non-hydrogen) atoms. The van der Waals surface area contributed by atoms with E-state index in [4.69, 9.17) is 5.73 Å². The Labute approximate surface area is 126 Å². The lowest BCUT2D eigenvalue weighted by atomic mass is 9.93. The Morgan fingerprint density at radius 3 is 2.52 bits per heavy atom. The fourth-order valence-corrected chi connectivity index (χ4v) is 3.74. The van der Waals surface area contributed by atoms with Crippen molar-refractivity contribution in [3.63, 3.8) is 0 Å². The predicted octanol–water partition coefficient (Wildman–Crippen LogP) is 1.01. The molecule has 1 aliphatic carbocycles. The van der Waals surface area contributed by atoms with Crippen LogP contribution in [-0.2, 0) is 11.2 Å². The van der Waals surface area contributed by atoms with E-state index in [9.17, 15) is 4.79 Å². The second kappa shape index (κ2) is 6.58. The first-order valence-electron chi connectivity index (χ1n) is 8.01. The van der Waals surface area contributed by atoms with Gasteiger partial charge in [-0.2, -0.15) is 0 Å². The average Bonchev–Trinajstić information content (AvgIpc) is 2.71. The van der Waals surface area contributed by atoms with E-state index in [0.29, 0.717) is 31.0 Å². The van der Waals surface area contributed by atoms with Gasteiger partial charge in [-0.1, -0.05) is 30.3 Å². The maximum Gasteiger partial charge on any atom is 0.234 e. The molecule has 2 fully saturated rings. The Morgan fingerprint density at radius 2 is 1.86 bits per heavy atom. The van der Waals surface area contributed by atoms with Crippen LogP contribution in [0.15, 0.2) is 30.3 Å². The van der Waals surface area contributed by atoms with Crippen molar-refractivity contribution in [3.8, 4) is 0 Å². The molecule has 0 spiro atoms. The molecule has 4 heteroatoms. The molecule has 1 aromatic rings. The normalized spacial score (nSPS) is 28.5. The third kappa shape index (κ3) is 3.63. The molecule has 1 aromatic carbocycles. The fourth-order valence-electron chi connectivity index (χ4n) is 3.74. The number of nitrogens with two attached hydrogens (primary N) is 1. The molecule has 1 unspecified atom stereocenters. The fraction of sp³-hybridized carbons (Fsp3) is 0.588. The third-order valence-electron chi connectivity index (χ3n) is 4.93. The van der Waals surface area contributed by atoms with Gasteiger partial charge >= 0.3 is 0 Å². The van der Waals surface area contributed by atoms with E-state index < -0.39 is 0 Å². The highest BCUT2D eigenvalue weighted by atomic mass is 16.2. The lowest BCUT2D eigenvalue weighted by Crippen LogP contribution is -2.51. The van der Waals surface area contributed by atoms with Gasteiger partial charge in [0, 0.05) is 25.7 Å². The Morgan fingerprint density at radius 1 is 1.19 bits per heavy atom. The number of hydrogen-bond acceptors (Lipinski definition) is 3. The molecular weight excluding hydrogens is 262 g/mol. The summed E-state index contributed by atoms with van der Waals surface area (Å²) in [6.07, 6.45) is 3.36. The molecular formula is C17H25N3O. The summed E-state index contributed by atoms with van der Waals surface area (Å²) >= 11 is 0. The zero-order valence-corrected chi connectivity index (χ0v) is 12.5. The number of amides is 1. The molecule has 1 aliphatic heterocycles. The van der Waals surface area contributed by atoms with E-state index in [-0.39, 0.29) is 5.91 Å². The number of hydrogen-bond donors (Lipinski definition) is 2. The van der Waals surface area contributed by atoms with Crippen LogP contribution in [-0.4, -0.2) is 43.0 Å². The average molecular weight is 287 g/mol. The summed E-state index contributed by atoms with van der Waals surface area (Å²) in [4.78, 5) is 14.3. The monoisotopic (exact) mass is 287 g/mol. The Hall–Kier alpha value is -1.39. The molecule has 3 atom stereocenters. The topological polar surface area (TPSA) is 58.4 Å². The standard InChI is InChI=1S/C17H25N3O/c18-17-14-6-7-15(17)11-20(10-14)12-16(21)19-9-8-13-4-2-1-3-5-13/h1-5,14-15,17H,6-12,18H2,(H,19,21)/t14-,15+,17?. The van der Waals surface area contributed by atoms with Gasteiger partial charge in [-0.3, -0.25) is 9.69 Å². The van der Waals surface area contributed by atoms with Crippen molar-refractivity contribution in [3.05, 3.63) is 35.9 Å². The summed E-state index contributed by atoms with van der Waals surface area (Å²) < 4.78 is 0. The van der Waals surface area contributed by atoms with E-state index in [1.807, 2.05) is 18.2 Å². The van der Waals surface area contributed by atoms with Gasteiger partial charge in [-0.05, 0) is 36.7 Å². The quantitative estimate of drug-likeness (QED) is 0.850. The van der Waals surface area contributed by atoms with Crippen LogP contribution in [0.3, 0.4) is 0 Å².